The molecule has 150 valence electrons. The van der Waals surface area contributed by atoms with Gasteiger partial charge in [0, 0.05) is 31.9 Å². The molecule has 5 heteroatoms. The molecule has 1 saturated heterocycles. The molecule has 2 heterocycles. The molecule has 3 atom stereocenters. The summed E-state index contributed by atoms with van der Waals surface area (Å²) in [5, 5.41) is 3.75. The zero-order valence-corrected chi connectivity index (χ0v) is 17.5. The SMILES string of the molecule is COc1cc2c(cc1OC)[C@H]1CCN[C@@H](c3ccc(N(C)C)cc3)N1[C@@H](C)C2. The van der Waals surface area contributed by atoms with Gasteiger partial charge < -0.3 is 14.4 Å². The minimum atomic E-state index is 0.228. The van der Waals surface area contributed by atoms with E-state index >= 15 is 0 Å². The normalized spacial score (nSPS) is 24.2. The van der Waals surface area contributed by atoms with Crippen LogP contribution in [0.15, 0.2) is 36.4 Å². The number of hydrogen-bond acceptors (Lipinski definition) is 5. The minimum Gasteiger partial charge on any atom is -0.493 e. The van der Waals surface area contributed by atoms with Gasteiger partial charge in [-0.1, -0.05) is 12.1 Å². The van der Waals surface area contributed by atoms with Crippen molar-refractivity contribution in [3.63, 3.8) is 0 Å². The highest BCUT2D eigenvalue weighted by Crippen LogP contribution is 2.45. The van der Waals surface area contributed by atoms with Gasteiger partial charge in [-0.25, -0.2) is 0 Å². The lowest BCUT2D eigenvalue weighted by atomic mass is 9.84. The van der Waals surface area contributed by atoms with Crippen LogP contribution in [0.1, 0.15) is 42.2 Å². The van der Waals surface area contributed by atoms with Gasteiger partial charge in [0.15, 0.2) is 11.5 Å². The first kappa shape index (κ1) is 19.1. The van der Waals surface area contributed by atoms with E-state index in [4.69, 9.17) is 9.47 Å². The molecule has 0 aromatic heterocycles. The van der Waals surface area contributed by atoms with Crippen LogP contribution in [0, 0.1) is 0 Å². The van der Waals surface area contributed by atoms with Crippen molar-refractivity contribution in [2.75, 3.05) is 39.8 Å². The van der Waals surface area contributed by atoms with Gasteiger partial charge in [0.1, 0.15) is 0 Å². The number of rotatable bonds is 4. The number of fused-ring (bicyclic) bond motifs is 3. The van der Waals surface area contributed by atoms with Crippen molar-refractivity contribution in [3.05, 3.63) is 53.1 Å². The van der Waals surface area contributed by atoms with Gasteiger partial charge in [-0.2, -0.15) is 0 Å². The Balaban J connectivity index is 1.70. The van der Waals surface area contributed by atoms with Crippen LogP contribution in [0.25, 0.3) is 0 Å². The molecule has 1 N–H and O–H groups in total. The van der Waals surface area contributed by atoms with Crippen LogP contribution in [0.5, 0.6) is 11.5 Å². The van der Waals surface area contributed by atoms with Crippen LogP contribution >= 0.6 is 0 Å². The number of nitrogens with zero attached hydrogens (tertiary/aromatic N) is 2. The van der Waals surface area contributed by atoms with Gasteiger partial charge in [-0.3, -0.25) is 10.2 Å². The Bertz CT molecular complexity index is 834. The van der Waals surface area contributed by atoms with E-state index in [0.717, 1.165) is 30.9 Å². The number of ether oxygens (including phenoxy) is 2. The Kier molecular flexibility index (Phi) is 5.21. The Hall–Kier alpha value is -2.24. The monoisotopic (exact) mass is 381 g/mol. The Labute approximate surface area is 168 Å². The first-order chi connectivity index (χ1) is 13.5. The second-order valence-corrected chi connectivity index (χ2v) is 8.05. The van der Waals surface area contributed by atoms with E-state index in [1.54, 1.807) is 14.2 Å². The molecule has 4 rings (SSSR count). The molecule has 0 spiro atoms. The maximum Gasteiger partial charge on any atom is 0.161 e. The molecule has 28 heavy (non-hydrogen) atoms. The fourth-order valence-corrected chi connectivity index (χ4v) is 4.76. The van der Waals surface area contributed by atoms with Crippen LogP contribution in [0.3, 0.4) is 0 Å². The highest BCUT2D eigenvalue weighted by Gasteiger charge is 2.40. The Morgan fingerprint density at radius 2 is 1.71 bits per heavy atom. The third kappa shape index (κ3) is 3.23. The van der Waals surface area contributed by atoms with Crippen molar-refractivity contribution in [1.82, 2.24) is 10.2 Å². The Morgan fingerprint density at radius 3 is 2.36 bits per heavy atom. The lowest BCUT2D eigenvalue weighted by Crippen LogP contribution is -2.53. The molecule has 1 fully saturated rings. The summed E-state index contributed by atoms with van der Waals surface area (Å²) in [5.74, 6) is 1.65. The lowest BCUT2D eigenvalue weighted by Gasteiger charge is -2.50. The molecule has 2 aliphatic heterocycles. The van der Waals surface area contributed by atoms with Gasteiger partial charge >= 0.3 is 0 Å². The maximum atomic E-state index is 5.59. The number of methoxy groups -OCH3 is 2. The first-order valence-corrected chi connectivity index (χ1v) is 10.1. The fourth-order valence-electron chi connectivity index (χ4n) is 4.76. The summed E-state index contributed by atoms with van der Waals surface area (Å²) < 4.78 is 11.1. The smallest absolute Gasteiger partial charge is 0.161 e. The van der Waals surface area contributed by atoms with Crippen LogP contribution in [-0.4, -0.2) is 45.8 Å². The summed E-state index contributed by atoms with van der Waals surface area (Å²) in [4.78, 5) is 4.78. The molecule has 0 unspecified atom stereocenters. The van der Waals surface area contributed by atoms with E-state index in [2.05, 4.69) is 72.5 Å². The van der Waals surface area contributed by atoms with E-state index in [1.807, 2.05) is 0 Å². The van der Waals surface area contributed by atoms with Gasteiger partial charge in [0.25, 0.3) is 0 Å². The van der Waals surface area contributed by atoms with E-state index in [9.17, 15) is 0 Å². The van der Waals surface area contributed by atoms with Crippen LogP contribution in [-0.2, 0) is 6.42 Å². The van der Waals surface area contributed by atoms with Crippen LogP contribution in [0.4, 0.5) is 5.69 Å². The largest absolute Gasteiger partial charge is 0.493 e. The Morgan fingerprint density at radius 1 is 1.04 bits per heavy atom. The second kappa shape index (κ2) is 7.64. The molecular formula is C23H31N3O2. The summed E-state index contributed by atoms with van der Waals surface area (Å²) >= 11 is 0. The van der Waals surface area contributed by atoms with Crippen molar-refractivity contribution >= 4 is 5.69 Å². The topological polar surface area (TPSA) is 37.0 Å². The van der Waals surface area contributed by atoms with E-state index in [0.29, 0.717) is 12.1 Å². The van der Waals surface area contributed by atoms with E-state index in [-0.39, 0.29) is 6.17 Å². The highest BCUT2D eigenvalue weighted by atomic mass is 16.5. The molecule has 0 amide bonds. The molecule has 2 aliphatic rings. The van der Waals surface area contributed by atoms with Crippen molar-refractivity contribution in [1.29, 1.82) is 0 Å². The van der Waals surface area contributed by atoms with Gasteiger partial charge in [0.2, 0.25) is 0 Å². The zero-order chi connectivity index (χ0) is 19.8. The lowest BCUT2D eigenvalue weighted by molar-refractivity contribution is 0.0206. The van der Waals surface area contributed by atoms with Crippen molar-refractivity contribution in [2.24, 2.45) is 0 Å². The number of nitrogens with one attached hydrogen (secondary N) is 1. The molecule has 2 aromatic rings. The standard InChI is InChI=1S/C23H31N3O2/c1-15-12-17-13-21(27-4)22(28-5)14-19(17)20-10-11-24-23(26(15)20)16-6-8-18(9-7-16)25(2)3/h6-9,13-15,20,23-24H,10-12H2,1-5H3/t15-,20+,23+/m0/s1. The molecule has 0 radical (unpaired) electrons. The van der Waals surface area contributed by atoms with Crippen LogP contribution in [0.2, 0.25) is 0 Å². The number of hydrogen-bond donors (Lipinski definition) is 1. The van der Waals surface area contributed by atoms with Crippen molar-refractivity contribution < 1.29 is 9.47 Å². The minimum absolute atomic E-state index is 0.228. The summed E-state index contributed by atoms with van der Waals surface area (Å²) in [7, 11) is 7.58. The third-order valence-electron chi connectivity index (χ3n) is 6.17. The fraction of sp³-hybridized carbons (Fsp3) is 0.478. The first-order valence-electron chi connectivity index (χ1n) is 10.1. The summed E-state index contributed by atoms with van der Waals surface area (Å²) in [5.41, 5.74) is 5.32. The molecule has 0 bridgehead atoms. The van der Waals surface area contributed by atoms with Gasteiger partial charge in [-0.15, -0.1) is 0 Å². The molecule has 5 nitrogen and oxygen atoms in total. The molecule has 2 aromatic carbocycles. The number of anilines is 1. The average molecular weight is 382 g/mol. The molecule has 0 saturated carbocycles. The van der Waals surface area contributed by atoms with Gasteiger partial charge in [0.05, 0.1) is 20.4 Å². The predicted octanol–water partition coefficient (Wildman–Crippen LogP) is 3.75. The van der Waals surface area contributed by atoms with Gasteiger partial charge in [-0.05, 0) is 67.3 Å². The summed E-state index contributed by atoms with van der Waals surface area (Å²) in [6, 6.07) is 14.1. The van der Waals surface area contributed by atoms with Crippen molar-refractivity contribution in [2.45, 2.75) is 38.0 Å². The number of benzene rings is 2. The zero-order valence-electron chi connectivity index (χ0n) is 17.5. The van der Waals surface area contributed by atoms with E-state index in [1.165, 1.54) is 22.4 Å². The average Bonchev–Trinajstić information content (AvgIpc) is 2.72. The van der Waals surface area contributed by atoms with Crippen molar-refractivity contribution in [3.8, 4) is 11.5 Å². The summed E-state index contributed by atoms with van der Waals surface area (Å²) in [6.07, 6.45) is 2.34. The predicted molar refractivity (Wildman–Crippen MR) is 113 cm³/mol. The maximum absolute atomic E-state index is 5.59. The third-order valence-corrected chi connectivity index (χ3v) is 6.17. The quantitative estimate of drug-likeness (QED) is 0.873. The van der Waals surface area contributed by atoms with E-state index < -0.39 is 0 Å². The molecular weight excluding hydrogens is 350 g/mol. The molecule has 0 aliphatic carbocycles. The highest BCUT2D eigenvalue weighted by molar-refractivity contribution is 5.50. The second-order valence-electron chi connectivity index (χ2n) is 8.05. The van der Waals surface area contributed by atoms with Crippen LogP contribution < -0.4 is 19.7 Å². The summed E-state index contributed by atoms with van der Waals surface area (Å²) in [6.45, 7) is 3.34.